The summed E-state index contributed by atoms with van der Waals surface area (Å²) in [5.41, 5.74) is 0.685. The van der Waals surface area contributed by atoms with E-state index in [0.29, 0.717) is 5.56 Å². The highest BCUT2D eigenvalue weighted by atomic mass is 79.9. The second kappa shape index (κ2) is 8.59. The molecular formula is C14H19Br2NO2. The summed E-state index contributed by atoms with van der Waals surface area (Å²) in [6.07, 6.45) is 2.11. The number of nitrogens with zero attached hydrogens (tertiary/aromatic N) is 1. The first-order chi connectivity index (χ1) is 9.13. The van der Waals surface area contributed by atoms with E-state index >= 15 is 0 Å². The molecule has 0 aliphatic heterocycles. The quantitative estimate of drug-likeness (QED) is 0.654. The summed E-state index contributed by atoms with van der Waals surface area (Å²) in [5, 5.41) is 0.791. The van der Waals surface area contributed by atoms with Crippen LogP contribution >= 0.6 is 31.9 Å². The number of halogens is 2. The second-order valence-electron chi connectivity index (χ2n) is 4.18. The van der Waals surface area contributed by atoms with Crippen LogP contribution in [-0.2, 0) is 0 Å². The Morgan fingerprint density at radius 3 is 2.63 bits per heavy atom. The van der Waals surface area contributed by atoms with E-state index in [4.69, 9.17) is 4.74 Å². The third-order valence-corrected chi connectivity index (χ3v) is 3.80. The minimum atomic E-state index is 0.0660. The van der Waals surface area contributed by atoms with Gasteiger partial charge < -0.3 is 9.64 Å². The average Bonchev–Trinajstić information content (AvgIpc) is 2.42. The molecule has 0 saturated heterocycles. The van der Waals surface area contributed by atoms with Gasteiger partial charge in [0, 0.05) is 24.0 Å². The Hall–Kier alpha value is -0.550. The zero-order chi connectivity index (χ0) is 14.3. The molecular weight excluding hydrogens is 374 g/mol. The Bertz CT molecular complexity index is 424. The summed E-state index contributed by atoms with van der Waals surface area (Å²) in [5.74, 6) is 0.799. The van der Waals surface area contributed by atoms with Gasteiger partial charge in [-0.05, 0) is 40.5 Å². The smallest absolute Gasteiger partial charge is 0.253 e. The van der Waals surface area contributed by atoms with Gasteiger partial charge in [-0.15, -0.1) is 0 Å². The van der Waals surface area contributed by atoms with Crippen molar-refractivity contribution in [3.8, 4) is 5.75 Å². The van der Waals surface area contributed by atoms with Crippen LogP contribution < -0.4 is 4.74 Å². The Balaban J connectivity index is 2.86. The van der Waals surface area contributed by atoms with Crippen molar-refractivity contribution in [3.05, 3.63) is 28.2 Å². The third kappa shape index (κ3) is 4.80. The van der Waals surface area contributed by atoms with E-state index in [0.717, 1.165) is 41.5 Å². The molecule has 5 heteroatoms. The van der Waals surface area contributed by atoms with Crippen LogP contribution in [0.2, 0.25) is 0 Å². The molecule has 106 valence electrons. The van der Waals surface area contributed by atoms with Gasteiger partial charge in [0.25, 0.3) is 5.91 Å². The van der Waals surface area contributed by atoms with Gasteiger partial charge in [0.15, 0.2) is 0 Å². The number of carbonyl (C=O) groups excluding carboxylic acids is 1. The lowest BCUT2D eigenvalue weighted by molar-refractivity contribution is 0.0764. The van der Waals surface area contributed by atoms with Gasteiger partial charge in [0.1, 0.15) is 5.75 Å². The first kappa shape index (κ1) is 16.5. The molecule has 0 spiro atoms. The van der Waals surface area contributed by atoms with Crippen molar-refractivity contribution in [2.45, 2.75) is 19.8 Å². The molecule has 0 bridgehead atoms. The predicted molar refractivity (Wildman–Crippen MR) is 85.3 cm³/mol. The predicted octanol–water partition coefficient (Wildman–Crippen LogP) is 4.09. The molecule has 1 amide bonds. The highest BCUT2D eigenvalue weighted by Gasteiger charge is 2.16. The zero-order valence-corrected chi connectivity index (χ0v) is 14.5. The highest BCUT2D eigenvalue weighted by molar-refractivity contribution is 9.10. The van der Waals surface area contributed by atoms with Crippen LogP contribution in [0.3, 0.4) is 0 Å². The van der Waals surface area contributed by atoms with Gasteiger partial charge in [-0.1, -0.05) is 29.3 Å². The molecule has 1 aromatic carbocycles. The summed E-state index contributed by atoms with van der Waals surface area (Å²) >= 11 is 6.81. The molecule has 1 rings (SSSR count). The molecule has 0 aliphatic rings. The number of benzene rings is 1. The lowest BCUT2D eigenvalue weighted by Gasteiger charge is -2.22. The molecule has 0 fully saturated rings. The first-order valence-electron chi connectivity index (χ1n) is 6.32. The lowest BCUT2D eigenvalue weighted by Crippen LogP contribution is -2.33. The van der Waals surface area contributed by atoms with Gasteiger partial charge in [0.2, 0.25) is 0 Å². The molecule has 0 heterocycles. The van der Waals surface area contributed by atoms with Gasteiger partial charge in [-0.25, -0.2) is 0 Å². The highest BCUT2D eigenvalue weighted by Crippen LogP contribution is 2.26. The molecule has 0 aromatic heterocycles. The molecule has 19 heavy (non-hydrogen) atoms. The fourth-order valence-electron chi connectivity index (χ4n) is 1.75. The summed E-state index contributed by atoms with van der Waals surface area (Å²) in [7, 11) is 1.61. The molecule has 1 aromatic rings. The summed E-state index contributed by atoms with van der Waals surface area (Å²) in [6, 6.07) is 5.43. The molecule has 0 saturated carbocycles. The maximum absolute atomic E-state index is 12.4. The largest absolute Gasteiger partial charge is 0.496 e. The molecule has 0 N–H and O–H groups in total. The number of hydrogen-bond donors (Lipinski definition) is 0. The van der Waals surface area contributed by atoms with Crippen LogP contribution in [0.25, 0.3) is 0 Å². The maximum Gasteiger partial charge on any atom is 0.253 e. The van der Waals surface area contributed by atoms with Crippen LogP contribution in [0.5, 0.6) is 5.75 Å². The average molecular weight is 393 g/mol. The summed E-state index contributed by atoms with van der Waals surface area (Å²) in [4.78, 5) is 14.3. The lowest BCUT2D eigenvalue weighted by atomic mass is 10.2. The molecule has 0 unspecified atom stereocenters. The van der Waals surface area contributed by atoms with Crippen LogP contribution in [0, 0.1) is 0 Å². The van der Waals surface area contributed by atoms with E-state index in [1.165, 1.54) is 0 Å². The number of carbonyl (C=O) groups is 1. The van der Waals surface area contributed by atoms with E-state index in [2.05, 4.69) is 38.8 Å². The van der Waals surface area contributed by atoms with Crippen molar-refractivity contribution in [2.24, 2.45) is 0 Å². The Morgan fingerprint density at radius 1 is 1.37 bits per heavy atom. The molecule has 0 aliphatic carbocycles. The standard InChI is InChI=1S/C14H19Br2NO2/c1-3-4-8-17(9-7-15)14(18)11-5-6-13(19-2)12(16)10-11/h5-6,10H,3-4,7-9H2,1-2H3. The minimum Gasteiger partial charge on any atom is -0.496 e. The topological polar surface area (TPSA) is 29.5 Å². The zero-order valence-electron chi connectivity index (χ0n) is 11.3. The number of rotatable bonds is 7. The van der Waals surface area contributed by atoms with E-state index in [9.17, 15) is 4.79 Å². The Kier molecular flexibility index (Phi) is 7.46. The van der Waals surface area contributed by atoms with E-state index in [1.54, 1.807) is 13.2 Å². The maximum atomic E-state index is 12.4. The van der Waals surface area contributed by atoms with E-state index in [-0.39, 0.29) is 5.91 Å². The van der Waals surface area contributed by atoms with Crippen LogP contribution in [0.15, 0.2) is 22.7 Å². The number of unbranched alkanes of at least 4 members (excludes halogenated alkanes) is 1. The number of ether oxygens (including phenoxy) is 1. The number of amides is 1. The van der Waals surface area contributed by atoms with Gasteiger partial charge in [-0.3, -0.25) is 4.79 Å². The Morgan fingerprint density at radius 2 is 2.11 bits per heavy atom. The van der Waals surface area contributed by atoms with Crippen molar-refractivity contribution >= 4 is 37.8 Å². The SMILES string of the molecule is CCCCN(CCBr)C(=O)c1ccc(OC)c(Br)c1. The monoisotopic (exact) mass is 391 g/mol. The van der Waals surface area contributed by atoms with Crippen molar-refractivity contribution in [1.29, 1.82) is 0 Å². The molecule has 3 nitrogen and oxygen atoms in total. The molecule has 0 atom stereocenters. The van der Waals surface area contributed by atoms with Crippen molar-refractivity contribution in [1.82, 2.24) is 4.90 Å². The van der Waals surface area contributed by atoms with Crippen LogP contribution in [-0.4, -0.2) is 36.3 Å². The van der Waals surface area contributed by atoms with E-state index in [1.807, 2.05) is 17.0 Å². The van der Waals surface area contributed by atoms with Gasteiger partial charge in [0.05, 0.1) is 11.6 Å². The fourth-order valence-corrected chi connectivity index (χ4v) is 2.72. The van der Waals surface area contributed by atoms with Crippen LogP contribution in [0.1, 0.15) is 30.1 Å². The summed E-state index contributed by atoms with van der Waals surface area (Å²) in [6.45, 7) is 3.65. The summed E-state index contributed by atoms with van der Waals surface area (Å²) < 4.78 is 5.97. The first-order valence-corrected chi connectivity index (χ1v) is 8.24. The van der Waals surface area contributed by atoms with E-state index < -0.39 is 0 Å². The number of alkyl halides is 1. The number of hydrogen-bond acceptors (Lipinski definition) is 2. The Labute approximate surface area is 131 Å². The van der Waals surface area contributed by atoms with Crippen molar-refractivity contribution in [3.63, 3.8) is 0 Å². The van der Waals surface area contributed by atoms with Crippen LogP contribution in [0.4, 0.5) is 0 Å². The number of methoxy groups -OCH3 is 1. The van der Waals surface area contributed by atoms with Crippen molar-refractivity contribution < 1.29 is 9.53 Å². The third-order valence-electron chi connectivity index (χ3n) is 2.82. The fraction of sp³-hybridized carbons (Fsp3) is 0.500. The second-order valence-corrected chi connectivity index (χ2v) is 5.83. The van der Waals surface area contributed by atoms with Gasteiger partial charge >= 0.3 is 0 Å². The minimum absolute atomic E-state index is 0.0660. The molecule has 0 radical (unpaired) electrons. The normalized spacial score (nSPS) is 10.3. The van der Waals surface area contributed by atoms with Crippen molar-refractivity contribution in [2.75, 3.05) is 25.5 Å². The van der Waals surface area contributed by atoms with Gasteiger partial charge in [-0.2, -0.15) is 0 Å².